The van der Waals surface area contributed by atoms with E-state index in [0.29, 0.717) is 0 Å². The fourth-order valence-corrected chi connectivity index (χ4v) is 0. The van der Waals surface area contributed by atoms with Crippen LogP contribution in [0.4, 0.5) is 0 Å². The van der Waals surface area contributed by atoms with Gasteiger partial charge in [-0.2, -0.15) is 8.42 Å². The fourth-order valence-electron chi connectivity index (χ4n) is 0. The van der Waals surface area contributed by atoms with E-state index in [0.717, 1.165) is 0 Å². The third-order valence-corrected chi connectivity index (χ3v) is 0. The summed E-state index contributed by atoms with van der Waals surface area (Å²) in [5.74, 6) is 3.50. The van der Waals surface area contributed by atoms with Crippen LogP contribution in [0.15, 0.2) is 0 Å². The summed E-state index contributed by atoms with van der Waals surface area (Å²) < 4.78 is 31.6. The summed E-state index contributed by atoms with van der Waals surface area (Å²) in [6.07, 6.45) is 0. The summed E-state index contributed by atoms with van der Waals surface area (Å²) in [6.45, 7) is 0. The second-order valence-electron chi connectivity index (χ2n) is 0.448. The van der Waals surface area contributed by atoms with E-state index in [1.807, 2.05) is 0 Å². The zero-order valence-electron chi connectivity index (χ0n) is 4.56. The summed E-state index contributed by atoms with van der Waals surface area (Å²) in [5, 5.41) is 6.50. The van der Waals surface area contributed by atoms with Crippen molar-refractivity contribution >= 4 is 10.4 Å². The predicted octanol–water partition coefficient (Wildman–Crippen LogP) is -0.994. The molecule has 11 N–H and O–H groups in total. The van der Waals surface area contributed by atoms with Gasteiger partial charge in [0.1, 0.15) is 0 Å². The van der Waals surface area contributed by atoms with Gasteiger partial charge >= 0.3 is 10.4 Å². The molecule has 0 aromatic heterocycles. The molecule has 0 radical (unpaired) electrons. The van der Waals surface area contributed by atoms with Gasteiger partial charge in [0.2, 0.25) is 0 Å². The van der Waals surface area contributed by atoms with E-state index >= 15 is 0 Å². The van der Waals surface area contributed by atoms with Crippen molar-refractivity contribution < 1.29 is 22.7 Å². The van der Waals surface area contributed by atoms with E-state index in [9.17, 15) is 0 Å². The Morgan fingerprint density at radius 3 is 1.00 bits per heavy atom. The minimum Gasteiger partial charge on any atom is -0.344 e. The number of hydrogen-bond donors (Lipinski definition) is 6. The van der Waals surface area contributed by atoms with Crippen LogP contribution in [0, 0.1) is 0 Å². The summed E-state index contributed by atoms with van der Waals surface area (Å²) in [6, 6.07) is 0. The molecule has 0 saturated heterocycles. The van der Waals surface area contributed by atoms with Crippen molar-refractivity contribution in [1.29, 1.82) is 0 Å². The quantitative estimate of drug-likeness (QED) is 0.194. The zero-order valence-corrected chi connectivity index (χ0v) is 5.37. The summed E-state index contributed by atoms with van der Waals surface area (Å²) in [5.41, 5.74) is 0. The highest BCUT2D eigenvalue weighted by Crippen LogP contribution is 1.59. The second kappa shape index (κ2) is 10.6. The van der Waals surface area contributed by atoms with Gasteiger partial charge in [0.15, 0.2) is 0 Å². The van der Waals surface area contributed by atoms with Crippen LogP contribution in [-0.2, 0) is 10.4 Å². The van der Waals surface area contributed by atoms with Crippen LogP contribution in [0.2, 0.25) is 0 Å². The van der Waals surface area contributed by atoms with Crippen molar-refractivity contribution in [3.63, 3.8) is 0 Å². The smallest absolute Gasteiger partial charge is 0.344 e. The first-order valence-electron chi connectivity index (χ1n) is 0.957. The monoisotopic (exact) mass is 165 g/mol. The molecular formula is H11N3O5S. The molecule has 62 valence electrons. The highest BCUT2D eigenvalue weighted by Gasteiger charge is 1.84. The lowest BCUT2D eigenvalue weighted by Crippen LogP contribution is -1.89. The predicted molar refractivity (Wildman–Crippen MR) is 30.2 cm³/mol. The first kappa shape index (κ1) is 23.3. The van der Waals surface area contributed by atoms with Crippen LogP contribution in [0.5, 0.6) is 0 Å². The maximum Gasteiger partial charge on any atom is 0.394 e. The molecule has 0 aliphatic heterocycles. The molecule has 0 rings (SSSR count). The highest BCUT2D eigenvalue weighted by molar-refractivity contribution is 7.79. The normalized spacial score (nSPS) is 7.11. The largest absolute Gasteiger partial charge is 0.394 e. The maximum absolute atomic E-state index is 8.74. The Bertz CT molecular complexity index is 95.4. The third kappa shape index (κ3) is 2990. The van der Waals surface area contributed by atoms with E-state index in [2.05, 4.69) is 5.90 Å². The minimum absolute atomic E-state index is 0. The van der Waals surface area contributed by atoms with Crippen LogP contribution in [-0.4, -0.2) is 22.7 Å². The van der Waals surface area contributed by atoms with Crippen LogP contribution < -0.4 is 18.2 Å². The average molecular weight is 165 g/mol. The molecule has 0 saturated carbocycles. The summed E-state index contributed by atoms with van der Waals surface area (Å²) in [7, 11) is -4.67. The van der Waals surface area contributed by atoms with Gasteiger partial charge < -0.3 is 17.5 Å². The molecule has 0 fully saturated rings. The van der Waals surface area contributed by atoms with Crippen LogP contribution in [0.3, 0.4) is 0 Å². The molecule has 0 unspecified atom stereocenters. The molecule has 8 nitrogen and oxygen atoms in total. The lowest BCUT2D eigenvalue weighted by molar-refractivity contribution is 0.311. The second-order valence-corrected chi connectivity index (χ2v) is 1.34. The highest BCUT2D eigenvalue weighted by atomic mass is 32.3. The first-order chi connectivity index (χ1) is 3.00. The van der Waals surface area contributed by atoms with E-state index in [1.54, 1.807) is 0 Å². The summed E-state index contributed by atoms with van der Waals surface area (Å²) >= 11 is 0. The van der Waals surface area contributed by atoms with Gasteiger partial charge in [0, 0.05) is 0 Å². The Morgan fingerprint density at radius 2 is 1.00 bits per heavy atom. The Balaban J connectivity index is -0.0000000286. The van der Waals surface area contributed by atoms with E-state index < -0.39 is 10.4 Å². The molecule has 0 heterocycles. The maximum atomic E-state index is 8.74. The average Bonchev–Trinajstić information content (AvgIpc) is 1.36. The topological polar surface area (TPSA) is 191 Å². The number of hydrogen-bond acceptors (Lipinski definition) is 6. The molecule has 0 spiro atoms. The van der Waals surface area contributed by atoms with Gasteiger partial charge in [-0.25, -0.2) is 5.90 Å². The molecule has 0 aliphatic carbocycles. The molecule has 0 aromatic rings. The van der Waals surface area contributed by atoms with Crippen LogP contribution >= 0.6 is 0 Å². The molecule has 0 atom stereocenters. The molecule has 0 aromatic carbocycles. The van der Waals surface area contributed by atoms with Crippen molar-refractivity contribution in [3.8, 4) is 0 Å². The van der Waals surface area contributed by atoms with Crippen LogP contribution in [0.25, 0.3) is 0 Å². The SMILES string of the molecule is N.N.NO.O=S(=O)(O)O. The molecule has 0 bridgehead atoms. The van der Waals surface area contributed by atoms with Crippen molar-refractivity contribution in [3.05, 3.63) is 0 Å². The molecule has 0 amide bonds. The first-order valence-corrected chi connectivity index (χ1v) is 2.35. The lowest BCUT2D eigenvalue weighted by atomic mass is 13.6. The Labute approximate surface area is 52.4 Å². The Morgan fingerprint density at radius 1 is 1.00 bits per heavy atom. The zero-order chi connectivity index (χ0) is 6.50. The van der Waals surface area contributed by atoms with Crippen LogP contribution in [0.1, 0.15) is 0 Å². The van der Waals surface area contributed by atoms with Crippen molar-refractivity contribution in [2.75, 3.05) is 0 Å². The van der Waals surface area contributed by atoms with Gasteiger partial charge in [-0.1, -0.05) is 0 Å². The summed E-state index contributed by atoms with van der Waals surface area (Å²) in [4.78, 5) is 0. The Kier molecular flexibility index (Phi) is 27.6. The molecule has 9 heteroatoms. The van der Waals surface area contributed by atoms with Gasteiger partial charge in [0.05, 0.1) is 0 Å². The van der Waals surface area contributed by atoms with Gasteiger partial charge in [-0.15, -0.1) is 0 Å². The van der Waals surface area contributed by atoms with E-state index in [-0.39, 0.29) is 12.3 Å². The van der Waals surface area contributed by atoms with E-state index in [1.165, 1.54) is 0 Å². The minimum atomic E-state index is -4.67. The van der Waals surface area contributed by atoms with Gasteiger partial charge in [-0.05, 0) is 0 Å². The van der Waals surface area contributed by atoms with Gasteiger partial charge in [0.25, 0.3) is 0 Å². The lowest BCUT2D eigenvalue weighted by Gasteiger charge is -1.68. The van der Waals surface area contributed by atoms with Gasteiger partial charge in [-0.3, -0.25) is 9.11 Å². The molecule has 0 aliphatic rings. The van der Waals surface area contributed by atoms with Crippen molar-refractivity contribution in [1.82, 2.24) is 12.3 Å². The number of nitrogens with two attached hydrogens (primary N) is 1. The molecular weight excluding hydrogens is 154 g/mol. The third-order valence-electron chi connectivity index (χ3n) is 0. The fraction of sp³-hybridized carbons (Fsp3) is 0. The Hall–Kier alpha value is -0.290. The number of rotatable bonds is 0. The standard InChI is InChI=1S/H3NO.2H3N.H2O4S/c1-2;;;1-5(2,3)4/h2H,1H2;2*1H3;(H2,1,2,3,4). The van der Waals surface area contributed by atoms with E-state index in [4.69, 9.17) is 22.7 Å². The van der Waals surface area contributed by atoms with Crippen molar-refractivity contribution in [2.45, 2.75) is 0 Å². The molecule has 9 heavy (non-hydrogen) atoms. The van der Waals surface area contributed by atoms with Crippen molar-refractivity contribution in [2.24, 2.45) is 5.90 Å².